The molecular formula is C12H18F2O. The fourth-order valence-corrected chi connectivity index (χ4v) is 2.59. The topological polar surface area (TPSA) is 17.1 Å². The van der Waals surface area contributed by atoms with Crippen LogP contribution in [0, 0.1) is 11.8 Å². The highest BCUT2D eigenvalue weighted by Crippen LogP contribution is 2.39. The van der Waals surface area contributed by atoms with Crippen LogP contribution in [-0.4, -0.2) is 11.7 Å². The van der Waals surface area contributed by atoms with Crippen molar-refractivity contribution in [3.8, 4) is 0 Å². The van der Waals surface area contributed by atoms with Crippen molar-refractivity contribution in [3.63, 3.8) is 0 Å². The number of Topliss-reactive ketones (excluding diaryl/α,β-unsaturated/α-hetero) is 1. The second-order valence-electron chi connectivity index (χ2n) is 5.12. The first-order valence-electron chi connectivity index (χ1n) is 5.97. The Bertz CT molecular complexity index is 246. The molecule has 0 spiro atoms. The Morgan fingerprint density at radius 2 is 1.93 bits per heavy atom. The molecule has 2 fully saturated rings. The lowest BCUT2D eigenvalue weighted by molar-refractivity contribution is -0.131. The summed E-state index contributed by atoms with van der Waals surface area (Å²) in [5.74, 6) is -2.33. The molecule has 0 saturated heterocycles. The van der Waals surface area contributed by atoms with Crippen molar-refractivity contribution in [1.29, 1.82) is 0 Å². The molecule has 2 aliphatic carbocycles. The molecule has 15 heavy (non-hydrogen) atoms. The van der Waals surface area contributed by atoms with Gasteiger partial charge in [0.1, 0.15) is 5.78 Å². The maximum Gasteiger partial charge on any atom is 0.248 e. The van der Waals surface area contributed by atoms with E-state index < -0.39 is 5.92 Å². The van der Waals surface area contributed by atoms with E-state index in [1.165, 1.54) is 6.42 Å². The third-order valence-corrected chi connectivity index (χ3v) is 3.81. The van der Waals surface area contributed by atoms with E-state index in [1.807, 2.05) is 0 Å². The predicted molar refractivity (Wildman–Crippen MR) is 53.9 cm³/mol. The van der Waals surface area contributed by atoms with E-state index in [0.717, 1.165) is 12.8 Å². The first-order valence-corrected chi connectivity index (χ1v) is 5.97. The molecule has 86 valence electrons. The first kappa shape index (κ1) is 11.0. The fraction of sp³-hybridized carbons (Fsp3) is 0.917. The largest absolute Gasteiger partial charge is 0.299 e. The quantitative estimate of drug-likeness (QED) is 0.704. The van der Waals surface area contributed by atoms with Gasteiger partial charge >= 0.3 is 0 Å². The number of carbonyl (C=O) groups is 1. The van der Waals surface area contributed by atoms with E-state index >= 15 is 0 Å². The second-order valence-corrected chi connectivity index (χ2v) is 5.12. The van der Waals surface area contributed by atoms with Gasteiger partial charge in [0.15, 0.2) is 0 Å². The van der Waals surface area contributed by atoms with Gasteiger partial charge in [0.25, 0.3) is 0 Å². The summed E-state index contributed by atoms with van der Waals surface area (Å²) >= 11 is 0. The molecule has 0 aromatic heterocycles. The van der Waals surface area contributed by atoms with Crippen molar-refractivity contribution in [2.75, 3.05) is 0 Å². The summed E-state index contributed by atoms with van der Waals surface area (Å²) in [4.78, 5) is 11.8. The molecule has 2 saturated carbocycles. The zero-order valence-corrected chi connectivity index (χ0v) is 8.98. The molecule has 2 rings (SSSR count). The van der Waals surface area contributed by atoms with Crippen molar-refractivity contribution in [2.24, 2.45) is 11.8 Å². The van der Waals surface area contributed by atoms with Crippen LogP contribution in [0.2, 0.25) is 0 Å². The Kier molecular flexibility index (Phi) is 3.08. The maximum absolute atomic E-state index is 13.1. The Morgan fingerprint density at radius 1 is 1.20 bits per heavy atom. The third-order valence-electron chi connectivity index (χ3n) is 3.81. The molecule has 0 aromatic carbocycles. The van der Waals surface area contributed by atoms with Gasteiger partial charge in [-0.2, -0.15) is 0 Å². The van der Waals surface area contributed by atoms with Crippen molar-refractivity contribution >= 4 is 5.78 Å². The highest BCUT2D eigenvalue weighted by atomic mass is 19.3. The van der Waals surface area contributed by atoms with E-state index in [1.54, 1.807) is 0 Å². The van der Waals surface area contributed by atoms with Crippen LogP contribution in [0.5, 0.6) is 0 Å². The number of halogens is 2. The van der Waals surface area contributed by atoms with Gasteiger partial charge in [-0.05, 0) is 18.8 Å². The fourth-order valence-electron chi connectivity index (χ4n) is 2.59. The Labute approximate surface area is 89.2 Å². The summed E-state index contributed by atoms with van der Waals surface area (Å²) < 4.78 is 26.2. The maximum atomic E-state index is 13.1. The minimum atomic E-state index is -2.59. The average molecular weight is 216 g/mol. The molecule has 0 heterocycles. The van der Waals surface area contributed by atoms with E-state index in [2.05, 4.69) is 0 Å². The van der Waals surface area contributed by atoms with E-state index in [-0.39, 0.29) is 24.5 Å². The van der Waals surface area contributed by atoms with Gasteiger partial charge < -0.3 is 0 Å². The summed E-state index contributed by atoms with van der Waals surface area (Å²) in [6.07, 6.45) is 4.97. The Morgan fingerprint density at radius 3 is 2.47 bits per heavy atom. The lowest BCUT2D eigenvalue weighted by Gasteiger charge is -2.31. The molecule has 0 aliphatic heterocycles. The number of hydrogen-bond donors (Lipinski definition) is 0. The van der Waals surface area contributed by atoms with Gasteiger partial charge in [0, 0.05) is 25.2 Å². The molecule has 0 amide bonds. The van der Waals surface area contributed by atoms with Crippen LogP contribution >= 0.6 is 0 Å². The average Bonchev–Trinajstić information content (AvgIpc) is 2.09. The number of hydrogen-bond acceptors (Lipinski definition) is 1. The number of ketones is 1. The van der Waals surface area contributed by atoms with Crippen molar-refractivity contribution in [3.05, 3.63) is 0 Å². The van der Waals surface area contributed by atoms with Gasteiger partial charge in [0.2, 0.25) is 5.92 Å². The van der Waals surface area contributed by atoms with Gasteiger partial charge in [-0.1, -0.05) is 19.3 Å². The molecule has 3 heteroatoms. The lowest BCUT2D eigenvalue weighted by atomic mass is 9.76. The van der Waals surface area contributed by atoms with Crippen molar-refractivity contribution in [1.82, 2.24) is 0 Å². The summed E-state index contributed by atoms with van der Waals surface area (Å²) in [5.41, 5.74) is 0. The molecule has 1 nitrogen and oxygen atoms in total. The summed E-state index contributed by atoms with van der Waals surface area (Å²) in [6, 6.07) is 0. The van der Waals surface area contributed by atoms with Gasteiger partial charge in [-0.15, -0.1) is 0 Å². The van der Waals surface area contributed by atoms with Crippen molar-refractivity contribution in [2.45, 2.75) is 57.3 Å². The highest BCUT2D eigenvalue weighted by Gasteiger charge is 2.39. The van der Waals surface area contributed by atoms with Crippen LogP contribution in [0.3, 0.4) is 0 Å². The van der Waals surface area contributed by atoms with E-state index in [9.17, 15) is 13.6 Å². The summed E-state index contributed by atoms with van der Waals surface area (Å²) in [7, 11) is 0. The smallest absolute Gasteiger partial charge is 0.248 e. The molecule has 1 atom stereocenters. The molecule has 0 bridgehead atoms. The monoisotopic (exact) mass is 216 g/mol. The third kappa shape index (κ3) is 2.76. The zero-order valence-electron chi connectivity index (χ0n) is 8.98. The molecule has 2 aliphatic rings. The lowest BCUT2D eigenvalue weighted by Crippen LogP contribution is -2.32. The SMILES string of the molecule is O=C(CC1CCC1)C1CCCC(F)(F)C1. The summed E-state index contributed by atoms with van der Waals surface area (Å²) in [6.45, 7) is 0. The van der Waals surface area contributed by atoms with E-state index in [0.29, 0.717) is 25.2 Å². The van der Waals surface area contributed by atoms with Gasteiger partial charge in [-0.3, -0.25) is 4.79 Å². The van der Waals surface area contributed by atoms with E-state index in [4.69, 9.17) is 0 Å². The van der Waals surface area contributed by atoms with Crippen LogP contribution in [0.4, 0.5) is 8.78 Å². The Balaban J connectivity index is 1.83. The van der Waals surface area contributed by atoms with Crippen LogP contribution in [-0.2, 0) is 4.79 Å². The summed E-state index contributed by atoms with van der Waals surface area (Å²) in [5, 5.41) is 0. The highest BCUT2D eigenvalue weighted by molar-refractivity contribution is 5.81. The first-order chi connectivity index (χ1) is 7.07. The standard InChI is InChI=1S/C12H18F2O/c13-12(14)6-2-5-10(8-12)11(15)7-9-3-1-4-9/h9-10H,1-8H2. The number of carbonyl (C=O) groups excluding carboxylic acids is 1. The Hall–Kier alpha value is -0.470. The molecular weight excluding hydrogens is 198 g/mol. The van der Waals surface area contributed by atoms with Crippen LogP contribution in [0.25, 0.3) is 0 Å². The number of alkyl halides is 2. The van der Waals surface area contributed by atoms with Crippen LogP contribution < -0.4 is 0 Å². The predicted octanol–water partition coefficient (Wildman–Crippen LogP) is 3.57. The van der Waals surface area contributed by atoms with Crippen LogP contribution in [0.15, 0.2) is 0 Å². The van der Waals surface area contributed by atoms with Crippen molar-refractivity contribution < 1.29 is 13.6 Å². The minimum absolute atomic E-state index is 0.0276. The van der Waals surface area contributed by atoms with Gasteiger partial charge in [0.05, 0.1) is 0 Å². The molecule has 1 unspecified atom stereocenters. The zero-order chi connectivity index (χ0) is 10.9. The molecule has 0 N–H and O–H groups in total. The van der Waals surface area contributed by atoms with Gasteiger partial charge in [-0.25, -0.2) is 8.78 Å². The van der Waals surface area contributed by atoms with Crippen LogP contribution in [0.1, 0.15) is 51.4 Å². The number of rotatable bonds is 3. The normalized spacial score (nSPS) is 30.9. The minimum Gasteiger partial charge on any atom is -0.299 e. The molecule has 0 radical (unpaired) electrons. The molecule has 0 aromatic rings. The second kappa shape index (κ2) is 4.18.